The largest absolute Gasteiger partial charge is 0.366 e. The van der Waals surface area contributed by atoms with Gasteiger partial charge in [0.05, 0.1) is 0 Å². The van der Waals surface area contributed by atoms with E-state index in [4.69, 9.17) is 11.5 Å². The number of carbonyl (C=O) groups is 1. The minimum atomic E-state index is -0.357. The minimum Gasteiger partial charge on any atom is -0.366 e. The van der Waals surface area contributed by atoms with Gasteiger partial charge in [-0.15, -0.1) is 17.5 Å². The molecule has 0 atom stereocenters. The zero-order valence-electron chi connectivity index (χ0n) is 6.78. The highest BCUT2D eigenvalue weighted by Gasteiger charge is 2.08. The van der Waals surface area contributed by atoms with Gasteiger partial charge in [0, 0.05) is 13.1 Å². The fourth-order valence-corrected chi connectivity index (χ4v) is 0.646. The van der Waals surface area contributed by atoms with E-state index < -0.39 is 0 Å². The highest BCUT2D eigenvalue weighted by Crippen LogP contribution is 1.91. The number of anilines is 1. The van der Waals surface area contributed by atoms with Crippen LogP contribution in [-0.4, -0.2) is 34.2 Å². The quantitative estimate of drug-likeness (QED) is 0.479. The molecule has 0 radical (unpaired) electrons. The molecule has 0 aliphatic rings. The van der Waals surface area contributed by atoms with Gasteiger partial charge in [0.25, 0.3) is 5.91 Å². The molecule has 0 aliphatic heterocycles. The molecule has 0 fully saturated rings. The van der Waals surface area contributed by atoms with Crippen molar-refractivity contribution in [3.05, 3.63) is 5.82 Å². The van der Waals surface area contributed by atoms with Crippen molar-refractivity contribution in [3.8, 4) is 0 Å². The summed E-state index contributed by atoms with van der Waals surface area (Å²) in [4.78, 5) is 14.7. The molecule has 13 heavy (non-hydrogen) atoms. The van der Waals surface area contributed by atoms with Crippen molar-refractivity contribution in [1.82, 2.24) is 20.5 Å². The van der Waals surface area contributed by atoms with Crippen LogP contribution in [0.2, 0.25) is 0 Å². The summed E-state index contributed by atoms with van der Waals surface area (Å²) in [5, 5.41) is 8.38. The Morgan fingerprint density at radius 1 is 1.62 bits per heavy atom. The van der Waals surface area contributed by atoms with Crippen LogP contribution in [0.3, 0.4) is 0 Å². The summed E-state index contributed by atoms with van der Waals surface area (Å²) in [6, 6.07) is 0. The van der Waals surface area contributed by atoms with Gasteiger partial charge in [-0.2, -0.15) is 4.98 Å². The van der Waals surface area contributed by atoms with Gasteiger partial charge in [-0.3, -0.25) is 9.89 Å². The van der Waals surface area contributed by atoms with E-state index >= 15 is 0 Å². The third kappa shape index (κ3) is 3.26. The molecule has 1 amide bonds. The van der Waals surface area contributed by atoms with Crippen molar-refractivity contribution in [2.75, 3.05) is 18.8 Å². The molecule has 0 saturated heterocycles. The molecule has 1 heterocycles. The molecule has 1 aromatic heterocycles. The Kier molecular flexibility index (Phi) is 4.78. The van der Waals surface area contributed by atoms with Gasteiger partial charge in [0.1, 0.15) is 0 Å². The van der Waals surface area contributed by atoms with Crippen LogP contribution in [0.5, 0.6) is 0 Å². The zero-order valence-corrected chi connectivity index (χ0v) is 7.60. The molecule has 0 aromatic carbocycles. The number of aromatic nitrogens is 3. The van der Waals surface area contributed by atoms with Crippen LogP contribution in [0.25, 0.3) is 0 Å². The number of nitrogens with zero attached hydrogens (tertiary/aromatic N) is 2. The van der Waals surface area contributed by atoms with E-state index in [9.17, 15) is 4.79 Å². The maximum absolute atomic E-state index is 11.1. The fourth-order valence-electron chi connectivity index (χ4n) is 0.646. The first-order valence-corrected chi connectivity index (χ1v) is 3.40. The second-order valence-corrected chi connectivity index (χ2v) is 2.09. The normalized spacial score (nSPS) is 9.00. The van der Waals surface area contributed by atoms with Crippen molar-refractivity contribution in [2.45, 2.75) is 0 Å². The lowest BCUT2D eigenvalue weighted by atomic mass is 10.5. The summed E-state index contributed by atoms with van der Waals surface area (Å²) >= 11 is 0. The number of carbonyl (C=O) groups excluding carboxylic acids is 1. The van der Waals surface area contributed by atoms with Crippen molar-refractivity contribution < 1.29 is 4.79 Å². The van der Waals surface area contributed by atoms with E-state index in [0.717, 1.165) is 0 Å². The van der Waals surface area contributed by atoms with E-state index in [1.165, 1.54) is 0 Å². The van der Waals surface area contributed by atoms with Crippen LogP contribution in [0.4, 0.5) is 5.95 Å². The topological polar surface area (TPSA) is 123 Å². The SMILES string of the molecule is Cl.NCCNC(=O)c1nc(N)n[nH]1. The highest BCUT2D eigenvalue weighted by molar-refractivity contribution is 5.90. The van der Waals surface area contributed by atoms with Crippen LogP contribution < -0.4 is 16.8 Å². The van der Waals surface area contributed by atoms with Crippen molar-refractivity contribution in [1.29, 1.82) is 0 Å². The Morgan fingerprint density at radius 3 is 2.77 bits per heavy atom. The maximum Gasteiger partial charge on any atom is 0.288 e. The Bertz CT molecular complexity index is 274. The van der Waals surface area contributed by atoms with Crippen molar-refractivity contribution >= 4 is 24.3 Å². The molecule has 0 unspecified atom stereocenters. The van der Waals surface area contributed by atoms with Crippen LogP contribution in [0.1, 0.15) is 10.6 Å². The van der Waals surface area contributed by atoms with Gasteiger partial charge in [-0.25, -0.2) is 0 Å². The number of amides is 1. The average molecular weight is 207 g/mol. The first-order valence-electron chi connectivity index (χ1n) is 3.40. The Labute approximate surface area is 80.7 Å². The lowest BCUT2D eigenvalue weighted by molar-refractivity contribution is 0.0945. The minimum absolute atomic E-state index is 0. The van der Waals surface area contributed by atoms with E-state index in [1.807, 2.05) is 0 Å². The molecule has 0 spiro atoms. The number of hydrogen-bond acceptors (Lipinski definition) is 5. The summed E-state index contributed by atoms with van der Waals surface area (Å²) in [7, 11) is 0. The number of nitrogen functional groups attached to an aromatic ring is 1. The van der Waals surface area contributed by atoms with Gasteiger partial charge in [-0.1, -0.05) is 0 Å². The molecule has 0 saturated carbocycles. The first-order chi connectivity index (χ1) is 5.74. The summed E-state index contributed by atoms with van der Waals surface area (Å²) in [5.41, 5.74) is 10.4. The lowest BCUT2D eigenvalue weighted by Gasteiger charge is -1.97. The molecule has 0 bridgehead atoms. The second kappa shape index (κ2) is 5.33. The highest BCUT2D eigenvalue weighted by atomic mass is 35.5. The third-order valence-electron chi connectivity index (χ3n) is 1.15. The number of aromatic amines is 1. The van der Waals surface area contributed by atoms with Gasteiger partial charge in [-0.05, 0) is 0 Å². The first kappa shape index (κ1) is 11.7. The molecule has 6 N–H and O–H groups in total. The number of nitrogens with one attached hydrogen (secondary N) is 2. The smallest absolute Gasteiger partial charge is 0.288 e. The van der Waals surface area contributed by atoms with Crippen molar-refractivity contribution in [3.63, 3.8) is 0 Å². The molecular formula is C5H11ClN6O. The fraction of sp³-hybridized carbons (Fsp3) is 0.400. The van der Waals surface area contributed by atoms with E-state index in [1.54, 1.807) is 0 Å². The third-order valence-corrected chi connectivity index (χ3v) is 1.15. The Morgan fingerprint density at radius 2 is 2.31 bits per heavy atom. The van der Waals surface area contributed by atoms with Gasteiger partial charge in [0.15, 0.2) is 0 Å². The lowest BCUT2D eigenvalue weighted by Crippen LogP contribution is -2.29. The zero-order chi connectivity index (χ0) is 8.97. The molecule has 1 rings (SSSR count). The van der Waals surface area contributed by atoms with E-state index in [0.29, 0.717) is 13.1 Å². The van der Waals surface area contributed by atoms with Gasteiger partial charge >= 0.3 is 0 Å². The van der Waals surface area contributed by atoms with Crippen LogP contribution in [-0.2, 0) is 0 Å². The van der Waals surface area contributed by atoms with Crippen LogP contribution in [0, 0.1) is 0 Å². The van der Waals surface area contributed by atoms with Crippen LogP contribution in [0.15, 0.2) is 0 Å². The number of nitrogens with two attached hydrogens (primary N) is 2. The van der Waals surface area contributed by atoms with Gasteiger partial charge in [0.2, 0.25) is 11.8 Å². The second-order valence-electron chi connectivity index (χ2n) is 2.09. The summed E-state index contributed by atoms with van der Waals surface area (Å²) in [5.74, 6) is -0.210. The number of H-pyrrole nitrogens is 1. The molecule has 74 valence electrons. The van der Waals surface area contributed by atoms with Gasteiger partial charge < -0.3 is 16.8 Å². The van der Waals surface area contributed by atoms with Crippen molar-refractivity contribution in [2.24, 2.45) is 5.73 Å². The Balaban J connectivity index is 0.00000144. The predicted molar refractivity (Wildman–Crippen MR) is 49.4 cm³/mol. The summed E-state index contributed by atoms with van der Waals surface area (Å²) < 4.78 is 0. The Hall–Kier alpha value is -1.34. The number of hydrogen-bond donors (Lipinski definition) is 4. The maximum atomic E-state index is 11.1. The van der Waals surface area contributed by atoms with Crippen LogP contribution >= 0.6 is 12.4 Å². The molecule has 7 nitrogen and oxygen atoms in total. The molecule has 8 heteroatoms. The summed E-state index contributed by atoms with van der Waals surface area (Å²) in [6.45, 7) is 0.787. The monoisotopic (exact) mass is 206 g/mol. The number of halogens is 1. The van der Waals surface area contributed by atoms with E-state index in [-0.39, 0.29) is 30.1 Å². The molecule has 0 aliphatic carbocycles. The van der Waals surface area contributed by atoms with E-state index in [2.05, 4.69) is 20.5 Å². The average Bonchev–Trinajstić information content (AvgIpc) is 2.47. The molecule has 1 aromatic rings. The number of rotatable bonds is 3. The summed E-state index contributed by atoms with van der Waals surface area (Å²) in [6.07, 6.45) is 0. The predicted octanol–water partition coefficient (Wildman–Crippen LogP) is -1.50. The molecular weight excluding hydrogens is 196 g/mol. The standard InChI is InChI=1S/C5H10N6O.ClH/c6-1-2-8-4(12)3-9-5(7)11-10-3;/h1-2,6H2,(H,8,12)(H3,7,9,10,11);1H.